The molecule has 0 bridgehead atoms. The SMILES string of the molecule is Cc1cc(C(=O)CCC(=O)C(C)C)no1. The minimum absolute atomic E-state index is 0.0168. The van der Waals surface area contributed by atoms with Gasteiger partial charge in [-0.25, -0.2) is 0 Å². The van der Waals surface area contributed by atoms with Crippen LogP contribution in [0.4, 0.5) is 0 Å². The van der Waals surface area contributed by atoms with Crippen LogP contribution in [0, 0.1) is 12.8 Å². The van der Waals surface area contributed by atoms with Gasteiger partial charge < -0.3 is 4.52 Å². The molecule has 0 amide bonds. The lowest BCUT2D eigenvalue weighted by Gasteiger charge is -2.01. The predicted molar refractivity (Wildman–Crippen MR) is 54.6 cm³/mol. The topological polar surface area (TPSA) is 60.2 Å². The lowest BCUT2D eigenvalue weighted by molar-refractivity contribution is -0.121. The van der Waals surface area contributed by atoms with Crippen molar-refractivity contribution in [1.29, 1.82) is 0 Å². The van der Waals surface area contributed by atoms with Crippen molar-refractivity contribution in [3.8, 4) is 0 Å². The summed E-state index contributed by atoms with van der Waals surface area (Å²) >= 11 is 0. The third-order valence-electron chi connectivity index (χ3n) is 2.16. The molecule has 0 unspecified atom stereocenters. The zero-order valence-electron chi connectivity index (χ0n) is 9.24. The summed E-state index contributed by atoms with van der Waals surface area (Å²) in [6.07, 6.45) is 0.491. The molecular weight excluding hydrogens is 194 g/mol. The standard InChI is InChI=1S/C11H15NO3/c1-7(2)10(13)4-5-11(14)9-6-8(3)15-12-9/h6-7H,4-5H2,1-3H3. The van der Waals surface area contributed by atoms with E-state index in [1.807, 2.05) is 13.8 Å². The number of aryl methyl sites for hydroxylation is 1. The summed E-state index contributed by atoms with van der Waals surface area (Å²) < 4.78 is 4.78. The predicted octanol–water partition coefficient (Wildman–Crippen LogP) is 2.17. The molecule has 0 saturated carbocycles. The summed E-state index contributed by atoms with van der Waals surface area (Å²) in [6.45, 7) is 5.38. The number of rotatable bonds is 5. The summed E-state index contributed by atoms with van der Waals surface area (Å²) in [5.41, 5.74) is 0.309. The quantitative estimate of drug-likeness (QED) is 0.697. The summed E-state index contributed by atoms with van der Waals surface area (Å²) in [4.78, 5) is 22.8. The summed E-state index contributed by atoms with van der Waals surface area (Å²) in [6, 6.07) is 1.59. The molecule has 0 aliphatic carbocycles. The Morgan fingerprint density at radius 2 is 2.07 bits per heavy atom. The van der Waals surface area contributed by atoms with E-state index in [9.17, 15) is 9.59 Å². The maximum absolute atomic E-state index is 11.5. The van der Waals surface area contributed by atoms with E-state index < -0.39 is 0 Å². The fourth-order valence-electron chi connectivity index (χ4n) is 1.15. The van der Waals surface area contributed by atoms with Gasteiger partial charge in [-0.05, 0) is 6.92 Å². The van der Waals surface area contributed by atoms with E-state index in [0.717, 1.165) is 0 Å². The van der Waals surface area contributed by atoms with Gasteiger partial charge in [0.05, 0.1) is 0 Å². The van der Waals surface area contributed by atoms with Crippen LogP contribution in [0.25, 0.3) is 0 Å². The normalized spacial score (nSPS) is 10.7. The van der Waals surface area contributed by atoms with Crippen molar-refractivity contribution in [2.24, 2.45) is 5.92 Å². The van der Waals surface area contributed by atoms with Gasteiger partial charge >= 0.3 is 0 Å². The van der Waals surface area contributed by atoms with Crippen molar-refractivity contribution >= 4 is 11.6 Å². The molecule has 1 aromatic heterocycles. The lowest BCUT2D eigenvalue weighted by atomic mass is 10.0. The molecule has 0 N–H and O–H groups in total. The maximum Gasteiger partial charge on any atom is 0.185 e. The Labute approximate surface area is 88.6 Å². The first-order valence-electron chi connectivity index (χ1n) is 5.00. The van der Waals surface area contributed by atoms with Gasteiger partial charge in [0, 0.05) is 24.8 Å². The zero-order valence-corrected chi connectivity index (χ0v) is 9.24. The minimum Gasteiger partial charge on any atom is -0.361 e. The second-order valence-corrected chi connectivity index (χ2v) is 3.87. The molecule has 0 atom stereocenters. The Kier molecular flexibility index (Phi) is 3.77. The molecule has 1 heterocycles. The number of hydrogen-bond acceptors (Lipinski definition) is 4. The highest BCUT2D eigenvalue weighted by atomic mass is 16.5. The molecule has 4 nitrogen and oxygen atoms in total. The van der Waals surface area contributed by atoms with E-state index in [2.05, 4.69) is 5.16 Å². The van der Waals surface area contributed by atoms with Crippen LogP contribution in [0.2, 0.25) is 0 Å². The van der Waals surface area contributed by atoms with E-state index in [0.29, 0.717) is 11.5 Å². The van der Waals surface area contributed by atoms with Crippen molar-refractivity contribution < 1.29 is 14.1 Å². The summed E-state index contributed by atoms with van der Waals surface area (Å²) in [7, 11) is 0. The average molecular weight is 209 g/mol. The van der Waals surface area contributed by atoms with Gasteiger partial charge in [-0.1, -0.05) is 19.0 Å². The highest BCUT2D eigenvalue weighted by molar-refractivity contribution is 5.96. The van der Waals surface area contributed by atoms with Crippen LogP contribution in [0.5, 0.6) is 0 Å². The maximum atomic E-state index is 11.5. The molecule has 0 aliphatic rings. The molecule has 0 aromatic carbocycles. The van der Waals surface area contributed by atoms with Crippen molar-refractivity contribution in [2.45, 2.75) is 33.6 Å². The minimum atomic E-state index is -0.138. The van der Waals surface area contributed by atoms with E-state index in [1.165, 1.54) is 0 Å². The molecule has 0 saturated heterocycles. The fraction of sp³-hybridized carbons (Fsp3) is 0.545. The van der Waals surface area contributed by atoms with Crippen LogP contribution in [0.15, 0.2) is 10.6 Å². The number of Topliss-reactive ketones (excluding diaryl/α,β-unsaturated/α-hetero) is 2. The van der Waals surface area contributed by atoms with Crippen molar-refractivity contribution in [3.05, 3.63) is 17.5 Å². The molecule has 15 heavy (non-hydrogen) atoms. The number of ketones is 2. The molecule has 0 aliphatic heterocycles. The smallest absolute Gasteiger partial charge is 0.185 e. The second-order valence-electron chi connectivity index (χ2n) is 3.87. The summed E-state index contributed by atoms with van der Waals surface area (Å²) in [5.74, 6) is 0.551. The third-order valence-corrected chi connectivity index (χ3v) is 2.16. The number of carbonyl (C=O) groups is 2. The van der Waals surface area contributed by atoms with E-state index in [-0.39, 0.29) is 30.3 Å². The Morgan fingerprint density at radius 1 is 1.40 bits per heavy atom. The van der Waals surface area contributed by atoms with E-state index >= 15 is 0 Å². The Bertz CT molecular complexity index is 366. The van der Waals surface area contributed by atoms with E-state index in [4.69, 9.17) is 4.52 Å². The first-order valence-corrected chi connectivity index (χ1v) is 5.00. The number of nitrogens with zero attached hydrogens (tertiary/aromatic N) is 1. The van der Waals surface area contributed by atoms with Gasteiger partial charge in [-0.15, -0.1) is 0 Å². The molecule has 0 radical (unpaired) electrons. The molecule has 1 aromatic rings. The molecule has 4 heteroatoms. The van der Waals surface area contributed by atoms with Gasteiger partial charge in [0.2, 0.25) is 0 Å². The van der Waals surface area contributed by atoms with Crippen molar-refractivity contribution in [1.82, 2.24) is 5.16 Å². The molecule has 0 fully saturated rings. The van der Waals surface area contributed by atoms with Crippen molar-refractivity contribution in [2.75, 3.05) is 0 Å². The van der Waals surface area contributed by atoms with Crippen LogP contribution >= 0.6 is 0 Å². The van der Waals surface area contributed by atoms with Crippen LogP contribution in [-0.4, -0.2) is 16.7 Å². The Hall–Kier alpha value is -1.45. The highest BCUT2D eigenvalue weighted by Crippen LogP contribution is 2.08. The monoisotopic (exact) mass is 209 g/mol. The molecule has 0 spiro atoms. The Balaban J connectivity index is 2.47. The van der Waals surface area contributed by atoms with Gasteiger partial charge in [-0.3, -0.25) is 9.59 Å². The first kappa shape index (κ1) is 11.6. The Morgan fingerprint density at radius 3 is 2.53 bits per heavy atom. The van der Waals surface area contributed by atoms with E-state index in [1.54, 1.807) is 13.0 Å². The van der Waals surface area contributed by atoms with Gasteiger partial charge in [0.1, 0.15) is 17.2 Å². The number of hydrogen-bond donors (Lipinski definition) is 0. The van der Waals surface area contributed by atoms with Crippen molar-refractivity contribution in [3.63, 3.8) is 0 Å². The van der Waals surface area contributed by atoms with Crippen LogP contribution in [0.1, 0.15) is 42.9 Å². The van der Waals surface area contributed by atoms with Gasteiger partial charge in [0.25, 0.3) is 0 Å². The highest BCUT2D eigenvalue weighted by Gasteiger charge is 2.14. The molecule has 1 rings (SSSR count). The van der Waals surface area contributed by atoms with Gasteiger partial charge in [0.15, 0.2) is 5.78 Å². The average Bonchev–Trinajstić information content (AvgIpc) is 2.60. The molecular formula is C11H15NO3. The third kappa shape index (κ3) is 3.31. The first-order chi connectivity index (χ1) is 7.00. The van der Waals surface area contributed by atoms with Crippen LogP contribution in [0.3, 0.4) is 0 Å². The summed E-state index contributed by atoms with van der Waals surface area (Å²) in [5, 5.41) is 3.60. The number of carbonyl (C=O) groups excluding carboxylic acids is 2. The van der Waals surface area contributed by atoms with Gasteiger partial charge in [-0.2, -0.15) is 0 Å². The van der Waals surface area contributed by atoms with Crippen LogP contribution in [-0.2, 0) is 4.79 Å². The lowest BCUT2D eigenvalue weighted by Crippen LogP contribution is -2.10. The number of aromatic nitrogens is 1. The second kappa shape index (κ2) is 4.87. The largest absolute Gasteiger partial charge is 0.361 e. The van der Waals surface area contributed by atoms with Crippen LogP contribution < -0.4 is 0 Å². The molecule has 82 valence electrons. The zero-order chi connectivity index (χ0) is 11.4. The fourth-order valence-corrected chi connectivity index (χ4v) is 1.15.